The molecule has 0 saturated carbocycles. The standard InChI is InChI=1S/C12H17BrNO2S/c1-9(2)3-4-11(17(15)16)7-10-5-6-14-12(13)8-10/h5-9,11H,3-4H2,1-2H3,(H,15,16)/t11-/m0/s1. The van der Waals surface area contributed by atoms with Crippen molar-refractivity contribution in [3.63, 3.8) is 0 Å². The molecule has 0 amide bonds. The third-order valence-electron chi connectivity index (χ3n) is 2.42. The Hall–Kier alpha value is -0.260. The molecule has 0 aliphatic carbocycles. The zero-order valence-corrected chi connectivity index (χ0v) is 12.4. The largest absolute Gasteiger partial charge is 0.306 e. The number of aromatic nitrogens is 1. The van der Waals surface area contributed by atoms with Crippen molar-refractivity contribution in [1.29, 1.82) is 0 Å². The van der Waals surface area contributed by atoms with E-state index in [1.807, 2.05) is 18.6 Å². The van der Waals surface area contributed by atoms with E-state index in [9.17, 15) is 8.76 Å². The minimum atomic E-state index is -1.82. The average Bonchev–Trinajstić information content (AvgIpc) is 2.23. The highest BCUT2D eigenvalue weighted by molar-refractivity contribution is 9.10. The van der Waals surface area contributed by atoms with Crippen LogP contribution in [0.3, 0.4) is 0 Å². The lowest BCUT2D eigenvalue weighted by Gasteiger charge is -2.14. The van der Waals surface area contributed by atoms with Gasteiger partial charge in [0.2, 0.25) is 0 Å². The van der Waals surface area contributed by atoms with E-state index in [0.29, 0.717) is 5.92 Å². The molecule has 95 valence electrons. The van der Waals surface area contributed by atoms with Gasteiger partial charge in [-0.05, 0) is 52.4 Å². The van der Waals surface area contributed by atoms with Gasteiger partial charge in [0.1, 0.15) is 4.60 Å². The van der Waals surface area contributed by atoms with Crippen molar-refractivity contribution in [2.75, 3.05) is 0 Å². The van der Waals surface area contributed by atoms with Crippen LogP contribution in [-0.2, 0) is 11.1 Å². The van der Waals surface area contributed by atoms with Crippen LogP contribution in [0.1, 0.15) is 32.3 Å². The van der Waals surface area contributed by atoms with Gasteiger partial charge in [0, 0.05) is 12.6 Å². The van der Waals surface area contributed by atoms with Gasteiger partial charge in [0.15, 0.2) is 11.1 Å². The van der Waals surface area contributed by atoms with Crippen LogP contribution < -0.4 is 0 Å². The summed E-state index contributed by atoms with van der Waals surface area (Å²) < 4.78 is 21.3. The highest BCUT2D eigenvalue weighted by atomic mass is 79.9. The van der Waals surface area contributed by atoms with E-state index in [2.05, 4.69) is 34.8 Å². The highest BCUT2D eigenvalue weighted by Crippen LogP contribution is 2.18. The topological polar surface area (TPSA) is 50.2 Å². The molecule has 2 atom stereocenters. The summed E-state index contributed by atoms with van der Waals surface area (Å²) in [4.78, 5) is 4.02. The quantitative estimate of drug-likeness (QED) is 0.645. The maximum absolute atomic E-state index is 11.3. The molecule has 0 fully saturated rings. The fourth-order valence-corrected chi connectivity index (χ4v) is 2.47. The van der Waals surface area contributed by atoms with Crippen LogP contribution in [0, 0.1) is 12.3 Å². The fraction of sp³-hybridized carbons (Fsp3) is 0.500. The van der Waals surface area contributed by atoms with Gasteiger partial charge in [-0.25, -0.2) is 9.19 Å². The summed E-state index contributed by atoms with van der Waals surface area (Å²) in [6, 6.07) is 3.68. The van der Waals surface area contributed by atoms with Gasteiger partial charge >= 0.3 is 0 Å². The summed E-state index contributed by atoms with van der Waals surface area (Å²) in [6.07, 6.45) is 5.18. The monoisotopic (exact) mass is 318 g/mol. The normalized spacial score (nSPS) is 14.9. The molecule has 1 radical (unpaired) electrons. The SMILES string of the molecule is CC(C)CC[C@@H]([CH]c1ccnc(Br)c1)S(=O)O. The minimum absolute atomic E-state index is 0.313. The number of rotatable bonds is 6. The molecule has 1 aromatic heterocycles. The number of halogens is 1. The second-order valence-corrected chi connectivity index (χ2v) is 6.33. The van der Waals surface area contributed by atoms with Crippen molar-refractivity contribution in [2.45, 2.75) is 31.9 Å². The highest BCUT2D eigenvalue weighted by Gasteiger charge is 2.17. The molecule has 0 aliphatic heterocycles. The van der Waals surface area contributed by atoms with Gasteiger partial charge in [-0.1, -0.05) is 13.8 Å². The predicted molar refractivity (Wildman–Crippen MR) is 74.0 cm³/mol. The van der Waals surface area contributed by atoms with Crippen molar-refractivity contribution < 1.29 is 8.76 Å². The molecular formula is C12H17BrNO2S. The zero-order valence-electron chi connectivity index (χ0n) is 9.97. The van der Waals surface area contributed by atoms with Gasteiger partial charge in [-0.2, -0.15) is 0 Å². The smallest absolute Gasteiger partial charge is 0.156 e. The molecule has 1 aromatic rings. The molecule has 1 N–H and O–H groups in total. The Morgan fingerprint density at radius 1 is 1.53 bits per heavy atom. The molecular weight excluding hydrogens is 302 g/mol. The Kier molecular flexibility index (Phi) is 6.30. The van der Waals surface area contributed by atoms with Gasteiger partial charge < -0.3 is 4.55 Å². The molecule has 1 heterocycles. The summed E-state index contributed by atoms with van der Waals surface area (Å²) in [5.41, 5.74) is 0.919. The summed E-state index contributed by atoms with van der Waals surface area (Å²) in [7, 11) is 0. The van der Waals surface area contributed by atoms with Gasteiger partial charge in [0.05, 0.1) is 5.25 Å². The third kappa shape index (κ3) is 5.75. The van der Waals surface area contributed by atoms with E-state index in [1.165, 1.54) is 0 Å². The first kappa shape index (κ1) is 14.8. The molecule has 0 aliphatic rings. The molecule has 0 bridgehead atoms. The van der Waals surface area contributed by atoms with E-state index in [1.54, 1.807) is 6.20 Å². The second-order valence-electron chi connectivity index (χ2n) is 4.36. The first-order valence-electron chi connectivity index (χ1n) is 5.55. The molecule has 5 heteroatoms. The molecule has 0 aromatic carbocycles. The maximum Gasteiger partial charge on any atom is 0.156 e. The first-order chi connectivity index (χ1) is 7.99. The van der Waals surface area contributed by atoms with E-state index in [-0.39, 0.29) is 5.25 Å². The van der Waals surface area contributed by atoms with Crippen molar-refractivity contribution in [2.24, 2.45) is 5.92 Å². The molecule has 0 saturated heterocycles. The van der Waals surface area contributed by atoms with Crippen molar-refractivity contribution >= 4 is 27.0 Å². The first-order valence-corrected chi connectivity index (χ1v) is 7.51. The van der Waals surface area contributed by atoms with Gasteiger partial charge in [-0.3, -0.25) is 0 Å². The van der Waals surface area contributed by atoms with Crippen LogP contribution in [0.5, 0.6) is 0 Å². The molecule has 3 nitrogen and oxygen atoms in total. The fourth-order valence-electron chi connectivity index (χ4n) is 1.48. The Labute approximate surface area is 113 Å². The average molecular weight is 319 g/mol. The third-order valence-corrected chi connectivity index (χ3v) is 3.74. The maximum atomic E-state index is 11.3. The summed E-state index contributed by atoms with van der Waals surface area (Å²) in [6.45, 7) is 4.22. The molecule has 1 rings (SSSR count). The lowest BCUT2D eigenvalue weighted by atomic mass is 10.0. The van der Waals surface area contributed by atoms with E-state index < -0.39 is 11.1 Å². The van der Waals surface area contributed by atoms with E-state index in [0.717, 1.165) is 23.0 Å². The van der Waals surface area contributed by atoms with Crippen LogP contribution in [0.2, 0.25) is 0 Å². The second kappa shape index (κ2) is 7.24. The van der Waals surface area contributed by atoms with Crippen LogP contribution in [0.15, 0.2) is 22.9 Å². The Morgan fingerprint density at radius 2 is 2.24 bits per heavy atom. The van der Waals surface area contributed by atoms with Crippen molar-refractivity contribution in [3.05, 3.63) is 34.9 Å². The number of hydrogen-bond donors (Lipinski definition) is 1. The van der Waals surface area contributed by atoms with Crippen LogP contribution in [-0.4, -0.2) is 19.0 Å². The summed E-state index contributed by atoms with van der Waals surface area (Å²) in [5.74, 6) is 0.540. The van der Waals surface area contributed by atoms with E-state index in [4.69, 9.17) is 0 Å². The summed E-state index contributed by atoms with van der Waals surface area (Å²) in [5, 5.41) is -0.313. The molecule has 0 spiro atoms. The molecule has 17 heavy (non-hydrogen) atoms. The van der Waals surface area contributed by atoms with Crippen molar-refractivity contribution in [3.8, 4) is 0 Å². The predicted octanol–water partition coefficient (Wildman–Crippen LogP) is 3.42. The lowest BCUT2D eigenvalue weighted by Crippen LogP contribution is -2.16. The van der Waals surface area contributed by atoms with Crippen LogP contribution in [0.4, 0.5) is 0 Å². The van der Waals surface area contributed by atoms with Gasteiger partial charge in [0.25, 0.3) is 0 Å². The Morgan fingerprint density at radius 3 is 2.76 bits per heavy atom. The lowest BCUT2D eigenvalue weighted by molar-refractivity contribution is 0.520. The summed E-state index contributed by atoms with van der Waals surface area (Å²) >= 11 is 1.46. The Balaban J connectivity index is 2.63. The van der Waals surface area contributed by atoms with E-state index >= 15 is 0 Å². The number of nitrogens with zero attached hydrogens (tertiary/aromatic N) is 1. The zero-order chi connectivity index (χ0) is 12.8. The minimum Gasteiger partial charge on any atom is -0.306 e. The Bertz CT molecular complexity index is 385. The number of hydrogen-bond acceptors (Lipinski definition) is 2. The van der Waals surface area contributed by atoms with Gasteiger partial charge in [-0.15, -0.1) is 0 Å². The van der Waals surface area contributed by atoms with Crippen molar-refractivity contribution in [1.82, 2.24) is 4.98 Å². The van der Waals surface area contributed by atoms with Crippen LogP contribution in [0.25, 0.3) is 0 Å². The van der Waals surface area contributed by atoms with Crippen LogP contribution >= 0.6 is 15.9 Å². The number of pyridine rings is 1. The molecule has 1 unspecified atom stereocenters.